The highest BCUT2D eigenvalue weighted by Crippen LogP contribution is 2.27. The quantitative estimate of drug-likeness (QED) is 0.636. The van der Waals surface area contributed by atoms with Crippen molar-refractivity contribution in [1.82, 2.24) is 20.5 Å². The maximum Gasteiger partial charge on any atom is 0.317 e. The van der Waals surface area contributed by atoms with Crippen LogP contribution < -0.4 is 10.6 Å². The zero-order valence-corrected chi connectivity index (χ0v) is 17.1. The van der Waals surface area contributed by atoms with E-state index < -0.39 is 9.84 Å². The molecule has 0 aliphatic carbocycles. The molecular formula is C20H26N4O4S. The molecule has 3 amide bonds. The summed E-state index contributed by atoms with van der Waals surface area (Å²) in [5, 5.41) is 6.87. The molecule has 9 heteroatoms. The Bertz CT molecular complexity index is 1030. The van der Waals surface area contributed by atoms with Gasteiger partial charge in [-0.1, -0.05) is 18.2 Å². The summed E-state index contributed by atoms with van der Waals surface area (Å²) >= 11 is 0. The highest BCUT2D eigenvalue weighted by atomic mass is 32.2. The smallest absolute Gasteiger partial charge is 0.317 e. The van der Waals surface area contributed by atoms with Crippen LogP contribution in [0.2, 0.25) is 0 Å². The second kappa shape index (κ2) is 8.06. The minimum atomic E-state index is -3.00. The molecule has 29 heavy (non-hydrogen) atoms. The Labute approximate surface area is 169 Å². The number of hydrogen-bond donors (Lipinski definition) is 3. The van der Waals surface area contributed by atoms with E-state index in [1.807, 2.05) is 18.2 Å². The first-order chi connectivity index (χ1) is 13.9. The van der Waals surface area contributed by atoms with Crippen LogP contribution >= 0.6 is 0 Å². The zero-order chi connectivity index (χ0) is 20.4. The van der Waals surface area contributed by atoms with Gasteiger partial charge < -0.3 is 20.5 Å². The van der Waals surface area contributed by atoms with Crippen molar-refractivity contribution in [3.05, 3.63) is 35.5 Å². The number of hydrogen-bond acceptors (Lipinski definition) is 4. The number of carbonyl (C=O) groups excluding carboxylic acids is 2. The van der Waals surface area contributed by atoms with Gasteiger partial charge in [0.2, 0.25) is 5.91 Å². The summed E-state index contributed by atoms with van der Waals surface area (Å²) in [4.78, 5) is 29.6. The summed E-state index contributed by atoms with van der Waals surface area (Å²) in [5.74, 6) is 0.00398. The Balaban J connectivity index is 1.20. The van der Waals surface area contributed by atoms with E-state index in [0.29, 0.717) is 32.5 Å². The molecule has 4 rings (SSSR count). The van der Waals surface area contributed by atoms with Gasteiger partial charge in [-0.05, 0) is 30.9 Å². The van der Waals surface area contributed by atoms with Gasteiger partial charge in [0.1, 0.15) is 0 Å². The van der Waals surface area contributed by atoms with Gasteiger partial charge >= 0.3 is 6.03 Å². The standard InChI is InChI=1S/C20H26N4O4S/c25-19(22-14-8-11-29(27,28)13-14)6-3-9-21-20(26)24-10-7-16-15-4-1-2-5-17(15)23-18(16)12-24/h1-2,4-5,14,23H,3,6-13H2,(H,21,26)(H,22,25)/t14-/m0/s1. The molecule has 3 heterocycles. The molecule has 2 aromatic rings. The van der Waals surface area contributed by atoms with E-state index in [1.165, 1.54) is 10.9 Å². The van der Waals surface area contributed by atoms with Crippen molar-refractivity contribution in [1.29, 1.82) is 0 Å². The number of nitrogens with one attached hydrogen (secondary N) is 3. The number of amides is 3. The van der Waals surface area contributed by atoms with Gasteiger partial charge in [0.25, 0.3) is 0 Å². The fraction of sp³-hybridized carbons (Fsp3) is 0.500. The third-order valence-corrected chi connectivity index (χ3v) is 7.39. The van der Waals surface area contributed by atoms with Crippen LogP contribution in [-0.2, 0) is 27.6 Å². The van der Waals surface area contributed by atoms with E-state index in [-0.39, 0.29) is 35.9 Å². The predicted molar refractivity (Wildman–Crippen MR) is 110 cm³/mol. The molecule has 0 spiro atoms. The van der Waals surface area contributed by atoms with Crippen LogP contribution in [0.5, 0.6) is 0 Å². The van der Waals surface area contributed by atoms with Crippen molar-refractivity contribution >= 4 is 32.7 Å². The Kier molecular flexibility index (Phi) is 5.49. The summed E-state index contributed by atoms with van der Waals surface area (Å²) in [6, 6.07) is 7.77. The number of sulfone groups is 1. The molecule has 1 atom stereocenters. The number of fused-ring (bicyclic) bond motifs is 3. The largest absolute Gasteiger partial charge is 0.357 e. The number of rotatable bonds is 5. The Morgan fingerprint density at radius 2 is 2.07 bits per heavy atom. The average Bonchev–Trinajstić information content (AvgIpc) is 3.23. The van der Waals surface area contributed by atoms with Gasteiger partial charge in [-0.2, -0.15) is 0 Å². The first-order valence-corrected chi connectivity index (χ1v) is 11.8. The maximum absolute atomic E-state index is 12.5. The number of aromatic amines is 1. The SMILES string of the molecule is O=C(CCCNC(=O)N1CCc2c([nH]c3ccccc23)C1)N[C@H]1CCS(=O)(=O)C1. The topological polar surface area (TPSA) is 111 Å². The Morgan fingerprint density at radius 1 is 1.24 bits per heavy atom. The number of aromatic nitrogens is 1. The molecule has 1 fully saturated rings. The molecule has 2 aliphatic rings. The number of carbonyl (C=O) groups is 2. The van der Waals surface area contributed by atoms with Crippen molar-refractivity contribution in [2.75, 3.05) is 24.6 Å². The summed E-state index contributed by atoms with van der Waals surface area (Å²) in [7, 11) is -3.00. The summed E-state index contributed by atoms with van der Waals surface area (Å²) < 4.78 is 22.9. The summed E-state index contributed by atoms with van der Waals surface area (Å²) in [5.41, 5.74) is 3.47. The molecule has 3 N–H and O–H groups in total. The minimum absolute atomic E-state index is 0.0280. The molecule has 0 unspecified atom stereocenters. The average molecular weight is 419 g/mol. The first-order valence-electron chi connectivity index (χ1n) is 10.0. The van der Waals surface area contributed by atoms with Gasteiger partial charge in [-0.15, -0.1) is 0 Å². The summed E-state index contributed by atoms with van der Waals surface area (Å²) in [6.45, 7) is 1.62. The third-order valence-electron chi connectivity index (χ3n) is 5.62. The predicted octanol–water partition coefficient (Wildman–Crippen LogP) is 1.32. The highest BCUT2D eigenvalue weighted by molar-refractivity contribution is 7.91. The van der Waals surface area contributed by atoms with Crippen LogP contribution in [0.3, 0.4) is 0 Å². The molecule has 0 radical (unpaired) electrons. The molecule has 156 valence electrons. The Morgan fingerprint density at radius 3 is 2.86 bits per heavy atom. The van der Waals surface area contributed by atoms with E-state index in [0.717, 1.165) is 17.6 Å². The fourth-order valence-corrected chi connectivity index (χ4v) is 5.80. The molecular weight excluding hydrogens is 392 g/mol. The van der Waals surface area contributed by atoms with Crippen LogP contribution in [0.1, 0.15) is 30.5 Å². The van der Waals surface area contributed by atoms with Crippen molar-refractivity contribution in [2.24, 2.45) is 0 Å². The van der Waals surface area contributed by atoms with Gasteiger partial charge in [0.05, 0.1) is 18.1 Å². The van der Waals surface area contributed by atoms with Crippen LogP contribution in [-0.4, -0.2) is 60.9 Å². The number of para-hydroxylation sites is 1. The maximum atomic E-state index is 12.5. The van der Waals surface area contributed by atoms with Crippen molar-refractivity contribution in [3.8, 4) is 0 Å². The molecule has 2 aliphatic heterocycles. The molecule has 8 nitrogen and oxygen atoms in total. The van der Waals surface area contributed by atoms with E-state index in [4.69, 9.17) is 0 Å². The third kappa shape index (κ3) is 4.55. The van der Waals surface area contributed by atoms with Crippen LogP contribution in [0.4, 0.5) is 4.79 Å². The number of H-pyrrole nitrogens is 1. The first kappa shape index (κ1) is 19.8. The van der Waals surface area contributed by atoms with Gasteiger partial charge in [-0.3, -0.25) is 4.79 Å². The zero-order valence-electron chi connectivity index (χ0n) is 16.2. The molecule has 0 bridgehead atoms. The van der Waals surface area contributed by atoms with E-state index in [9.17, 15) is 18.0 Å². The lowest BCUT2D eigenvalue weighted by atomic mass is 10.0. The fourth-order valence-electron chi connectivity index (χ4n) is 4.13. The summed E-state index contributed by atoms with van der Waals surface area (Å²) in [6.07, 6.45) is 2.08. The minimum Gasteiger partial charge on any atom is -0.357 e. The van der Waals surface area contributed by atoms with E-state index >= 15 is 0 Å². The van der Waals surface area contributed by atoms with Gasteiger partial charge in [0.15, 0.2) is 9.84 Å². The Hall–Kier alpha value is -2.55. The lowest BCUT2D eigenvalue weighted by molar-refractivity contribution is -0.121. The van der Waals surface area contributed by atoms with Crippen molar-refractivity contribution in [2.45, 2.75) is 38.3 Å². The van der Waals surface area contributed by atoms with E-state index in [2.05, 4.69) is 21.7 Å². The van der Waals surface area contributed by atoms with Gasteiger partial charge in [-0.25, -0.2) is 13.2 Å². The lowest BCUT2D eigenvalue weighted by Crippen LogP contribution is -2.43. The second-order valence-corrected chi connectivity index (χ2v) is 10.0. The van der Waals surface area contributed by atoms with Crippen LogP contribution in [0.25, 0.3) is 10.9 Å². The van der Waals surface area contributed by atoms with Crippen molar-refractivity contribution in [3.63, 3.8) is 0 Å². The van der Waals surface area contributed by atoms with E-state index in [1.54, 1.807) is 4.90 Å². The highest BCUT2D eigenvalue weighted by Gasteiger charge is 2.28. The molecule has 0 saturated carbocycles. The number of urea groups is 1. The second-order valence-electron chi connectivity index (χ2n) is 7.80. The van der Waals surface area contributed by atoms with Gasteiger partial charge in [0, 0.05) is 42.1 Å². The lowest BCUT2D eigenvalue weighted by Gasteiger charge is -2.27. The number of benzene rings is 1. The van der Waals surface area contributed by atoms with Crippen molar-refractivity contribution < 1.29 is 18.0 Å². The molecule has 1 saturated heterocycles. The molecule has 1 aromatic carbocycles. The number of nitrogens with zero attached hydrogens (tertiary/aromatic N) is 1. The normalized spacial score (nSPS) is 20.4. The monoisotopic (exact) mass is 418 g/mol. The van der Waals surface area contributed by atoms with Crippen LogP contribution in [0, 0.1) is 0 Å². The van der Waals surface area contributed by atoms with Crippen LogP contribution in [0.15, 0.2) is 24.3 Å². The molecule has 1 aromatic heterocycles.